The van der Waals surface area contributed by atoms with E-state index in [4.69, 9.17) is 5.84 Å². The van der Waals surface area contributed by atoms with E-state index in [1.807, 2.05) is 13.8 Å². The molecule has 88 valence electrons. The van der Waals surface area contributed by atoms with E-state index in [1.54, 1.807) is 0 Å². The molecule has 15 heavy (non-hydrogen) atoms. The third kappa shape index (κ3) is 3.18. The molecule has 0 heterocycles. The van der Waals surface area contributed by atoms with E-state index in [9.17, 15) is 4.79 Å². The molecule has 0 saturated heterocycles. The molecule has 3 N–H and O–H groups in total. The van der Waals surface area contributed by atoms with E-state index >= 15 is 0 Å². The van der Waals surface area contributed by atoms with Crippen LogP contribution in [-0.2, 0) is 4.79 Å². The van der Waals surface area contributed by atoms with Gasteiger partial charge >= 0.3 is 0 Å². The first kappa shape index (κ1) is 12.5. The van der Waals surface area contributed by atoms with Crippen molar-refractivity contribution in [3.05, 3.63) is 0 Å². The molecule has 1 aliphatic rings. The minimum atomic E-state index is -0.424. The Labute approximate surface area is 92.2 Å². The summed E-state index contributed by atoms with van der Waals surface area (Å²) >= 11 is 0. The molecule has 1 atom stereocenters. The van der Waals surface area contributed by atoms with Crippen LogP contribution >= 0.6 is 0 Å². The Kier molecular flexibility index (Phi) is 3.73. The number of nitrogens with zero attached hydrogens (tertiary/aromatic N) is 1. The SMILES string of the molecule is CC(C1CC1)N(C)CC(C)(C)C(=O)NN. The topological polar surface area (TPSA) is 58.4 Å². The molecule has 1 fully saturated rings. The lowest BCUT2D eigenvalue weighted by Crippen LogP contribution is -2.48. The normalized spacial score (nSPS) is 19.1. The molecule has 0 aromatic heterocycles. The monoisotopic (exact) mass is 213 g/mol. The number of hydrogen-bond donors (Lipinski definition) is 2. The highest BCUT2D eigenvalue weighted by Crippen LogP contribution is 2.35. The summed E-state index contributed by atoms with van der Waals surface area (Å²) in [6.07, 6.45) is 2.66. The number of hydrogen-bond acceptors (Lipinski definition) is 3. The van der Waals surface area contributed by atoms with Gasteiger partial charge in [0.1, 0.15) is 0 Å². The van der Waals surface area contributed by atoms with E-state index < -0.39 is 5.41 Å². The molecule has 0 aromatic rings. The predicted octanol–water partition coefficient (Wildman–Crippen LogP) is 0.733. The van der Waals surface area contributed by atoms with Crippen molar-refractivity contribution in [1.29, 1.82) is 0 Å². The summed E-state index contributed by atoms with van der Waals surface area (Å²) < 4.78 is 0. The highest BCUT2D eigenvalue weighted by atomic mass is 16.2. The van der Waals surface area contributed by atoms with Gasteiger partial charge in [-0.1, -0.05) is 0 Å². The Morgan fingerprint density at radius 1 is 1.60 bits per heavy atom. The summed E-state index contributed by atoms with van der Waals surface area (Å²) in [4.78, 5) is 13.8. The first-order chi connectivity index (χ1) is 6.88. The van der Waals surface area contributed by atoms with Gasteiger partial charge in [0.25, 0.3) is 0 Å². The summed E-state index contributed by atoms with van der Waals surface area (Å²) in [7, 11) is 2.08. The molecular formula is C11H23N3O. The Morgan fingerprint density at radius 3 is 2.53 bits per heavy atom. The van der Waals surface area contributed by atoms with Crippen molar-refractivity contribution in [2.45, 2.75) is 39.7 Å². The molecule has 0 bridgehead atoms. The summed E-state index contributed by atoms with van der Waals surface area (Å²) in [6.45, 7) is 6.82. The molecule has 1 rings (SSSR count). The molecule has 1 unspecified atom stereocenters. The molecule has 4 heteroatoms. The minimum Gasteiger partial charge on any atom is -0.302 e. The van der Waals surface area contributed by atoms with Crippen molar-refractivity contribution < 1.29 is 4.79 Å². The zero-order chi connectivity index (χ0) is 11.6. The van der Waals surface area contributed by atoms with Gasteiger partial charge in [-0.05, 0) is 46.6 Å². The summed E-state index contributed by atoms with van der Waals surface area (Å²) in [5.41, 5.74) is 1.80. The Bertz CT molecular complexity index is 236. The van der Waals surface area contributed by atoms with Gasteiger partial charge < -0.3 is 4.90 Å². The highest BCUT2D eigenvalue weighted by molar-refractivity contribution is 5.81. The molecule has 1 saturated carbocycles. The maximum absolute atomic E-state index is 11.5. The van der Waals surface area contributed by atoms with Crippen LogP contribution in [0.3, 0.4) is 0 Å². The largest absolute Gasteiger partial charge is 0.302 e. The Balaban J connectivity index is 2.47. The maximum atomic E-state index is 11.5. The number of carbonyl (C=O) groups excluding carboxylic acids is 1. The first-order valence-corrected chi connectivity index (χ1v) is 5.60. The van der Waals surface area contributed by atoms with Crippen molar-refractivity contribution in [2.24, 2.45) is 17.2 Å². The fourth-order valence-corrected chi connectivity index (χ4v) is 1.97. The Morgan fingerprint density at radius 2 is 2.13 bits per heavy atom. The van der Waals surface area contributed by atoms with Crippen LogP contribution < -0.4 is 11.3 Å². The number of nitrogens with two attached hydrogens (primary N) is 1. The fourth-order valence-electron chi connectivity index (χ4n) is 1.97. The van der Waals surface area contributed by atoms with Gasteiger partial charge in [0.05, 0.1) is 5.41 Å². The number of rotatable bonds is 5. The molecule has 0 aliphatic heterocycles. The Hall–Kier alpha value is -0.610. The van der Waals surface area contributed by atoms with Crippen LogP contribution in [-0.4, -0.2) is 30.4 Å². The van der Waals surface area contributed by atoms with Gasteiger partial charge in [-0.15, -0.1) is 0 Å². The van der Waals surface area contributed by atoms with Gasteiger partial charge in [-0.2, -0.15) is 0 Å². The summed E-state index contributed by atoms with van der Waals surface area (Å²) in [6, 6.07) is 0.565. The van der Waals surface area contributed by atoms with Crippen LogP contribution in [0.1, 0.15) is 33.6 Å². The first-order valence-electron chi connectivity index (χ1n) is 5.60. The zero-order valence-electron chi connectivity index (χ0n) is 10.2. The molecule has 1 aliphatic carbocycles. The van der Waals surface area contributed by atoms with Gasteiger partial charge in [-0.25, -0.2) is 5.84 Å². The molecule has 1 amide bonds. The summed E-state index contributed by atoms with van der Waals surface area (Å²) in [5.74, 6) is 5.89. The number of nitrogens with one attached hydrogen (secondary N) is 1. The second-order valence-electron chi connectivity index (χ2n) is 5.35. The van der Waals surface area contributed by atoms with Crippen molar-refractivity contribution in [3.8, 4) is 0 Å². The van der Waals surface area contributed by atoms with Crippen LogP contribution in [0.25, 0.3) is 0 Å². The standard InChI is InChI=1S/C11H23N3O/c1-8(9-5-6-9)14(4)7-11(2,3)10(15)13-12/h8-9H,5-7,12H2,1-4H3,(H,13,15). The fraction of sp³-hybridized carbons (Fsp3) is 0.909. The summed E-state index contributed by atoms with van der Waals surface area (Å²) in [5, 5.41) is 0. The van der Waals surface area contributed by atoms with Gasteiger partial charge in [0.2, 0.25) is 5.91 Å². The molecular weight excluding hydrogens is 190 g/mol. The lowest BCUT2D eigenvalue weighted by atomic mass is 9.91. The lowest BCUT2D eigenvalue weighted by molar-refractivity contribution is -0.130. The van der Waals surface area contributed by atoms with E-state index in [2.05, 4.69) is 24.3 Å². The average molecular weight is 213 g/mol. The number of hydrazine groups is 1. The highest BCUT2D eigenvalue weighted by Gasteiger charge is 2.35. The number of amides is 1. The van der Waals surface area contributed by atoms with Crippen molar-refractivity contribution in [3.63, 3.8) is 0 Å². The van der Waals surface area contributed by atoms with Crippen molar-refractivity contribution in [1.82, 2.24) is 10.3 Å². The van der Waals surface area contributed by atoms with E-state index in [0.717, 1.165) is 12.5 Å². The second-order valence-corrected chi connectivity index (χ2v) is 5.35. The molecule has 0 radical (unpaired) electrons. The molecule has 0 aromatic carbocycles. The van der Waals surface area contributed by atoms with E-state index in [-0.39, 0.29) is 5.91 Å². The van der Waals surface area contributed by atoms with Crippen LogP contribution in [0.5, 0.6) is 0 Å². The van der Waals surface area contributed by atoms with Gasteiger partial charge in [0, 0.05) is 12.6 Å². The third-order valence-corrected chi connectivity index (χ3v) is 3.39. The molecule has 0 spiro atoms. The van der Waals surface area contributed by atoms with E-state index in [0.29, 0.717) is 6.04 Å². The predicted molar refractivity (Wildman–Crippen MR) is 60.9 cm³/mol. The van der Waals surface area contributed by atoms with Crippen molar-refractivity contribution in [2.75, 3.05) is 13.6 Å². The maximum Gasteiger partial charge on any atom is 0.240 e. The average Bonchev–Trinajstić information content (AvgIpc) is 2.97. The molecule has 4 nitrogen and oxygen atoms in total. The smallest absolute Gasteiger partial charge is 0.240 e. The van der Waals surface area contributed by atoms with Crippen LogP contribution in [0.4, 0.5) is 0 Å². The third-order valence-electron chi connectivity index (χ3n) is 3.39. The van der Waals surface area contributed by atoms with Gasteiger partial charge in [0.15, 0.2) is 0 Å². The van der Waals surface area contributed by atoms with E-state index in [1.165, 1.54) is 12.8 Å². The van der Waals surface area contributed by atoms with Crippen LogP contribution in [0, 0.1) is 11.3 Å². The number of carbonyl (C=O) groups is 1. The van der Waals surface area contributed by atoms with Gasteiger partial charge in [-0.3, -0.25) is 10.2 Å². The van der Waals surface area contributed by atoms with Crippen LogP contribution in [0.15, 0.2) is 0 Å². The zero-order valence-corrected chi connectivity index (χ0v) is 10.2. The van der Waals surface area contributed by atoms with Crippen molar-refractivity contribution >= 4 is 5.91 Å². The second kappa shape index (κ2) is 4.49. The van der Waals surface area contributed by atoms with Crippen LogP contribution in [0.2, 0.25) is 0 Å². The quantitative estimate of drug-likeness (QED) is 0.402. The lowest BCUT2D eigenvalue weighted by Gasteiger charge is -2.32. The minimum absolute atomic E-state index is 0.0997.